The Morgan fingerprint density at radius 1 is 0.941 bits per heavy atom. The first-order valence-electron chi connectivity index (χ1n) is 7.70. The molecule has 0 heterocycles. The van der Waals surface area contributed by atoms with Crippen molar-refractivity contribution in [3.8, 4) is 0 Å². The molecule has 0 aromatic rings. The standard InChI is InChI=1S/C16H30O/c1-2-3-4-5-6-7-8-12-15-17-16-13-10-9-11-14-16/h10,14,16H,2-9,11-13,15H2,1H3. The summed E-state index contributed by atoms with van der Waals surface area (Å²) in [5.41, 5.74) is 0. The van der Waals surface area contributed by atoms with Crippen molar-refractivity contribution in [2.45, 2.75) is 83.7 Å². The first-order valence-corrected chi connectivity index (χ1v) is 7.70. The minimum atomic E-state index is 0.424. The smallest absolute Gasteiger partial charge is 0.0609 e. The van der Waals surface area contributed by atoms with Crippen molar-refractivity contribution in [2.24, 2.45) is 0 Å². The Balaban J connectivity index is 1.75. The summed E-state index contributed by atoms with van der Waals surface area (Å²) in [6.07, 6.45) is 19.8. The number of hydrogen-bond acceptors (Lipinski definition) is 1. The molecule has 1 fully saturated rings. The summed E-state index contributed by atoms with van der Waals surface area (Å²) in [7, 11) is 0. The second kappa shape index (κ2) is 11.1. The van der Waals surface area contributed by atoms with Crippen LogP contribution in [-0.4, -0.2) is 12.7 Å². The zero-order chi connectivity index (χ0) is 12.2. The van der Waals surface area contributed by atoms with Crippen LogP contribution in [0.3, 0.4) is 0 Å². The summed E-state index contributed by atoms with van der Waals surface area (Å²) >= 11 is 0. The lowest BCUT2D eigenvalue weighted by Gasteiger charge is -2.21. The van der Waals surface area contributed by atoms with E-state index < -0.39 is 0 Å². The predicted molar refractivity (Wildman–Crippen MR) is 74.8 cm³/mol. The fraction of sp³-hybridized carbons (Fsp3) is 0.875. The summed E-state index contributed by atoms with van der Waals surface area (Å²) < 4.78 is 5.84. The molecular weight excluding hydrogens is 208 g/mol. The van der Waals surface area contributed by atoms with Crippen LogP contribution in [0.1, 0.15) is 77.6 Å². The summed E-state index contributed by atoms with van der Waals surface area (Å²) in [5.74, 6) is 0. The molecule has 0 saturated heterocycles. The van der Waals surface area contributed by atoms with E-state index in [4.69, 9.17) is 4.74 Å². The average molecular weight is 238 g/mol. The van der Waals surface area contributed by atoms with Crippen LogP contribution in [0.25, 0.3) is 0 Å². The van der Waals surface area contributed by atoms with E-state index in [1.807, 2.05) is 0 Å². The van der Waals surface area contributed by atoms with E-state index in [-0.39, 0.29) is 0 Å². The van der Waals surface area contributed by atoms with E-state index in [0.29, 0.717) is 6.10 Å². The molecule has 0 aromatic carbocycles. The van der Waals surface area contributed by atoms with Crippen LogP contribution in [0.15, 0.2) is 0 Å². The van der Waals surface area contributed by atoms with Crippen molar-refractivity contribution in [3.05, 3.63) is 12.8 Å². The number of unbranched alkanes of at least 4 members (excludes halogenated alkanes) is 7. The van der Waals surface area contributed by atoms with E-state index in [9.17, 15) is 0 Å². The molecule has 1 nitrogen and oxygen atoms in total. The third kappa shape index (κ3) is 8.65. The molecule has 1 unspecified atom stereocenters. The molecule has 1 atom stereocenters. The number of ether oxygens (including phenoxy) is 1. The van der Waals surface area contributed by atoms with Gasteiger partial charge in [-0.15, -0.1) is 0 Å². The third-order valence-electron chi connectivity index (χ3n) is 3.53. The van der Waals surface area contributed by atoms with Gasteiger partial charge in [0, 0.05) is 6.61 Å². The van der Waals surface area contributed by atoms with Gasteiger partial charge >= 0.3 is 0 Å². The Morgan fingerprint density at radius 3 is 2.29 bits per heavy atom. The van der Waals surface area contributed by atoms with Crippen LogP contribution < -0.4 is 0 Å². The molecule has 0 N–H and O–H groups in total. The van der Waals surface area contributed by atoms with E-state index in [1.54, 1.807) is 0 Å². The lowest BCUT2D eigenvalue weighted by molar-refractivity contribution is 0.0638. The van der Waals surface area contributed by atoms with Gasteiger partial charge in [-0.05, 0) is 38.5 Å². The summed E-state index contributed by atoms with van der Waals surface area (Å²) in [5, 5.41) is 0. The maximum atomic E-state index is 5.84. The highest BCUT2D eigenvalue weighted by Gasteiger charge is 2.13. The van der Waals surface area contributed by atoms with Crippen LogP contribution >= 0.6 is 0 Å². The van der Waals surface area contributed by atoms with Crippen LogP contribution in [0.5, 0.6) is 0 Å². The van der Waals surface area contributed by atoms with Gasteiger partial charge in [0.1, 0.15) is 0 Å². The topological polar surface area (TPSA) is 9.23 Å². The molecule has 1 aliphatic rings. The molecule has 0 spiro atoms. The van der Waals surface area contributed by atoms with Crippen molar-refractivity contribution in [3.63, 3.8) is 0 Å². The summed E-state index contributed by atoms with van der Waals surface area (Å²) in [6, 6.07) is 0. The quantitative estimate of drug-likeness (QED) is 0.481. The molecule has 100 valence electrons. The highest BCUT2D eigenvalue weighted by Crippen LogP contribution is 2.18. The zero-order valence-corrected chi connectivity index (χ0v) is 11.6. The SMILES string of the molecule is CCCCCCCCCCOC1[CH]CC[CH]C1. The van der Waals surface area contributed by atoms with Crippen molar-refractivity contribution in [2.75, 3.05) is 6.61 Å². The van der Waals surface area contributed by atoms with Gasteiger partial charge in [0.25, 0.3) is 0 Å². The van der Waals surface area contributed by atoms with Gasteiger partial charge in [-0.1, -0.05) is 51.9 Å². The van der Waals surface area contributed by atoms with E-state index in [0.717, 1.165) is 13.0 Å². The normalized spacial score (nSPS) is 17.5. The Labute approximate surface area is 108 Å². The molecule has 0 amide bonds. The van der Waals surface area contributed by atoms with Gasteiger partial charge in [-0.3, -0.25) is 0 Å². The molecule has 0 aliphatic heterocycles. The summed E-state index contributed by atoms with van der Waals surface area (Å²) in [6.45, 7) is 3.24. The van der Waals surface area contributed by atoms with Crippen molar-refractivity contribution in [1.29, 1.82) is 0 Å². The first-order chi connectivity index (χ1) is 8.43. The van der Waals surface area contributed by atoms with Crippen LogP contribution in [-0.2, 0) is 4.74 Å². The molecule has 0 aromatic heterocycles. The Bertz CT molecular complexity index is 150. The van der Waals surface area contributed by atoms with Gasteiger partial charge in [0.2, 0.25) is 0 Å². The van der Waals surface area contributed by atoms with Crippen LogP contribution in [0.2, 0.25) is 0 Å². The molecule has 1 aliphatic carbocycles. The van der Waals surface area contributed by atoms with Crippen molar-refractivity contribution < 1.29 is 4.74 Å². The molecule has 1 heteroatoms. The average Bonchev–Trinajstić information content (AvgIpc) is 2.38. The molecule has 0 bridgehead atoms. The van der Waals surface area contributed by atoms with E-state index in [1.165, 1.54) is 64.2 Å². The van der Waals surface area contributed by atoms with Crippen molar-refractivity contribution in [1.82, 2.24) is 0 Å². The molecule has 2 radical (unpaired) electrons. The largest absolute Gasteiger partial charge is 0.378 e. The predicted octanol–water partition coefficient (Wildman–Crippen LogP) is 5.10. The Hall–Kier alpha value is -0.0400. The van der Waals surface area contributed by atoms with E-state index >= 15 is 0 Å². The van der Waals surface area contributed by atoms with E-state index in [2.05, 4.69) is 19.8 Å². The van der Waals surface area contributed by atoms with Crippen LogP contribution in [0, 0.1) is 12.8 Å². The fourth-order valence-corrected chi connectivity index (χ4v) is 2.39. The second-order valence-corrected chi connectivity index (χ2v) is 5.22. The Morgan fingerprint density at radius 2 is 1.65 bits per heavy atom. The number of hydrogen-bond donors (Lipinski definition) is 0. The minimum absolute atomic E-state index is 0.424. The Kier molecular flexibility index (Phi) is 9.78. The monoisotopic (exact) mass is 238 g/mol. The molecular formula is C16H30O. The van der Waals surface area contributed by atoms with Gasteiger partial charge in [-0.25, -0.2) is 0 Å². The first kappa shape index (κ1) is 15.0. The molecule has 17 heavy (non-hydrogen) atoms. The second-order valence-electron chi connectivity index (χ2n) is 5.22. The maximum absolute atomic E-state index is 5.84. The highest BCUT2D eigenvalue weighted by atomic mass is 16.5. The molecule has 1 rings (SSSR count). The van der Waals surface area contributed by atoms with Gasteiger partial charge < -0.3 is 4.74 Å². The van der Waals surface area contributed by atoms with Gasteiger partial charge in [-0.2, -0.15) is 0 Å². The van der Waals surface area contributed by atoms with Crippen LogP contribution in [0.4, 0.5) is 0 Å². The zero-order valence-electron chi connectivity index (χ0n) is 11.6. The lowest BCUT2D eigenvalue weighted by Crippen LogP contribution is -2.18. The van der Waals surface area contributed by atoms with Gasteiger partial charge in [0.15, 0.2) is 0 Å². The molecule has 1 saturated carbocycles. The van der Waals surface area contributed by atoms with Crippen molar-refractivity contribution >= 4 is 0 Å². The highest BCUT2D eigenvalue weighted by molar-refractivity contribution is 4.89. The maximum Gasteiger partial charge on any atom is 0.0609 e. The summed E-state index contributed by atoms with van der Waals surface area (Å²) in [4.78, 5) is 0. The fourth-order valence-electron chi connectivity index (χ4n) is 2.39. The minimum Gasteiger partial charge on any atom is -0.378 e. The van der Waals surface area contributed by atoms with Gasteiger partial charge in [0.05, 0.1) is 6.10 Å². The third-order valence-corrected chi connectivity index (χ3v) is 3.53. The number of rotatable bonds is 10. The lowest BCUT2D eigenvalue weighted by atomic mass is 9.98.